The molecule has 0 aliphatic carbocycles. The zero-order valence-corrected chi connectivity index (χ0v) is 7.78. The molecular weight excluding hydrogens is 160 g/mol. The first-order valence-electron chi connectivity index (χ1n) is 3.99. The fourth-order valence-corrected chi connectivity index (χ4v) is 1.44. The second-order valence-electron chi connectivity index (χ2n) is 2.79. The zero-order chi connectivity index (χ0) is 8.97. The van der Waals surface area contributed by atoms with Crippen LogP contribution in [0.1, 0.15) is 0 Å². The van der Waals surface area contributed by atoms with Gasteiger partial charge in [0.2, 0.25) is 0 Å². The summed E-state index contributed by atoms with van der Waals surface area (Å²) >= 11 is 0. The predicted octanol–water partition coefficient (Wildman–Crippen LogP) is 0.0616. The molecule has 1 fully saturated rings. The first kappa shape index (κ1) is 9.92. The van der Waals surface area contributed by atoms with Crippen molar-refractivity contribution in [3.63, 3.8) is 0 Å². The normalized spacial score (nSPS) is 32.2. The maximum Gasteiger partial charge on any atom is 0.114 e. The summed E-state index contributed by atoms with van der Waals surface area (Å²) in [7, 11) is 4.96. The largest absolute Gasteiger partial charge is 0.376 e. The minimum Gasteiger partial charge on any atom is -0.376 e. The predicted molar refractivity (Wildman–Crippen MR) is 43.2 cm³/mol. The molecule has 0 radical (unpaired) electrons. The Bertz CT molecular complexity index is 116. The van der Waals surface area contributed by atoms with Gasteiger partial charge in [0.05, 0.1) is 13.2 Å². The number of ether oxygens (including phenoxy) is 4. The average molecular weight is 176 g/mol. The SMILES string of the molecule is COC1[C@@H](OC)COC[C@@H]1OC. The third kappa shape index (κ3) is 1.95. The fraction of sp³-hybridized carbons (Fsp3) is 1.00. The highest BCUT2D eigenvalue weighted by atomic mass is 16.6. The molecule has 0 N–H and O–H groups in total. The molecule has 12 heavy (non-hydrogen) atoms. The molecule has 1 saturated heterocycles. The van der Waals surface area contributed by atoms with Crippen molar-refractivity contribution >= 4 is 0 Å². The fourth-order valence-electron chi connectivity index (χ4n) is 1.44. The second-order valence-corrected chi connectivity index (χ2v) is 2.79. The van der Waals surface area contributed by atoms with E-state index in [0.717, 1.165) is 0 Å². The third-order valence-electron chi connectivity index (χ3n) is 2.17. The lowest BCUT2D eigenvalue weighted by Gasteiger charge is -2.35. The molecular formula is C8H16O4. The highest BCUT2D eigenvalue weighted by Gasteiger charge is 2.34. The summed E-state index contributed by atoms with van der Waals surface area (Å²) in [6, 6.07) is 0. The molecule has 1 aliphatic heterocycles. The van der Waals surface area contributed by atoms with Gasteiger partial charge in [-0.15, -0.1) is 0 Å². The summed E-state index contributed by atoms with van der Waals surface area (Å²) in [5.74, 6) is 0. The Morgan fingerprint density at radius 1 is 0.917 bits per heavy atom. The van der Waals surface area contributed by atoms with Gasteiger partial charge >= 0.3 is 0 Å². The van der Waals surface area contributed by atoms with Gasteiger partial charge in [-0.05, 0) is 0 Å². The summed E-state index contributed by atoms with van der Waals surface area (Å²) in [6.45, 7) is 1.16. The molecule has 4 heteroatoms. The smallest absolute Gasteiger partial charge is 0.114 e. The molecule has 2 atom stereocenters. The first-order chi connectivity index (χ1) is 5.83. The van der Waals surface area contributed by atoms with E-state index in [9.17, 15) is 0 Å². The van der Waals surface area contributed by atoms with Crippen molar-refractivity contribution in [3.05, 3.63) is 0 Å². The Labute approximate surface area is 72.7 Å². The molecule has 0 unspecified atom stereocenters. The van der Waals surface area contributed by atoms with E-state index in [4.69, 9.17) is 18.9 Å². The van der Waals surface area contributed by atoms with Gasteiger partial charge in [0.1, 0.15) is 18.3 Å². The Hall–Kier alpha value is -0.160. The lowest BCUT2D eigenvalue weighted by molar-refractivity contribution is -0.180. The van der Waals surface area contributed by atoms with Crippen molar-refractivity contribution in [2.45, 2.75) is 18.3 Å². The molecule has 0 aromatic rings. The Balaban J connectivity index is 2.52. The minimum absolute atomic E-state index is 0.0197. The van der Waals surface area contributed by atoms with Crippen LogP contribution in [0.5, 0.6) is 0 Å². The first-order valence-corrected chi connectivity index (χ1v) is 3.99. The number of rotatable bonds is 3. The van der Waals surface area contributed by atoms with Crippen LogP contribution in [0.4, 0.5) is 0 Å². The van der Waals surface area contributed by atoms with E-state index in [1.807, 2.05) is 0 Å². The third-order valence-corrected chi connectivity index (χ3v) is 2.17. The zero-order valence-electron chi connectivity index (χ0n) is 7.78. The second kappa shape index (κ2) is 4.77. The van der Waals surface area contributed by atoms with Crippen LogP contribution in [0, 0.1) is 0 Å². The molecule has 0 aromatic heterocycles. The molecule has 4 nitrogen and oxygen atoms in total. The lowest BCUT2D eigenvalue weighted by atomic mass is 10.1. The molecule has 0 spiro atoms. The van der Waals surface area contributed by atoms with Gasteiger partial charge in [0, 0.05) is 21.3 Å². The molecule has 0 saturated carbocycles. The van der Waals surface area contributed by atoms with Crippen LogP contribution in [0.2, 0.25) is 0 Å². The van der Waals surface area contributed by atoms with Crippen LogP contribution in [0.3, 0.4) is 0 Å². The van der Waals surface area contributed by atoms with Gasteiger partial charge in [-0.3, -0.25) is 0 Å². The van der Waals surface area contributed by atoms with E-state index in [0.29, 0.717) is 13.2 Å². The van der Waals surface area contributed by atoms with E-state index in [-0.39, 0.29) is 18.3 Å². The van der Waals surface area contributed by atoms with Gasteiger partial charge < -0.3 is 18.9 Å². The van der Waals surface area contributed by atoms with Gasteiger partial charge in [-0.1, -0.05) is 0 Å². The molecule has 1 aliphatic rings. The van der Waals surface area contributed by atoms with E-state index in [1.165, 1.54) is 0 Å². The van der Waals surface area contributed by atoms with Crippen LogP contribution in [0.15, 0.2) is 0 Å². The standard InChI is InChI=1S/C8H16O4/c1-9-6-4-12-5-7(10-2)8(6)11-3/h6-8H,4-5H2,1-3H3/t6-,7-/m0/s1. The molecule has 72 valence electrons. The number of hydrogen-bond donors (Lipinski definition) is 0. The number of hydrogen-bond acceptors (Lipinski definition) is 4. The van der Waals surface area contributed by atoms with Crippen molar-refractivity contribution in [1.29, 1.82) is 0 Å². The Morgan fingerprint density at radius 3 is 1.75 bits per heavy atom. The van der Waals surface area contributed by atoms with Crippen molar-refractivity contribution in [1.82, 2.24) is 0 Å². The topological polar surface area (TPSA) is 36.9 Å². The van der Waals surface area contributed by atoms with E-state index in [1.54, 1.807) is 21.3 Å². The Kier molecular flexibility index (Phi) is 3.94. The molecule has 0 amide bonds. The molecule has 1 heterocycles. The maximum absolute atomic E-state index is 5.28. The lowest BCUT2D eigenvalue weighted by Crippen LogP contribution is -2.50. The van der Waals surface area contributed by atoms with Crippen molar-refractivity contribution < 1.29 is 18.9 Å². The van der Waals surface area contributed by atoms with Crippen LogP contribution in [-0.2, 0) is 18.9 Å². The summed E-state index contributed by atoms with van der Waals surface area (Å²) in [6.07, 6.45) is -0.0591. The van der Waals surface area contributed by atoms with Crippen LogP contribution >= 0.6 is 0 Å². The summed E-state index contributed by atoms with van der Waals surface area (Å²) in [5.41, 5.74) is 0. The molecule has 0 aromatic carbocycles. The van der Waals surface area contributed by atoms with Crippen LogP contribution in [0.25, 0.3) is 0 Å². The van der Waals surface area contributed by atoms with E-state index >= 15 is 0 Å². The van der Waals surface area contributed by atoms with Crippen molar-refractivity contribution in [3.8, 4) is 0 Å². The number of methoxy groups -OCH3 is 3. The van der Waals surface area contributed by atoms with E-state index < -0.39 is 0 Å². The summed E-state index contributed by atoms with van der Waals surface area (Å²) < 4.78 is 20.9. The Morgan fingerprint density at radius 2 is 1.42 bits per heavy atom. The van der Waals surface area contributed by atoms with Gasteiger partial charge in [0.25, 0.3) is 0 Å². The van der Waals surface area contributed by atoms with Gasteiger partial charge in [0.15, 0.2) is 0 Å². The van der Waals surface area contributed by atoms with Crippen molar-refractivity contribution in [2.75, 3.05) is 34.5 Å². The highest BCUT2D eigenvalue weighted by molar-refractivity contribution is 4.82. The monoisotopic (exact) mass is 176 g/mol. The average Bonchev–Trinajstić information content (AvgIpc) is 2.16. The summed E-state index contributed by atoms with van der Waals surface area (Å²) in [5, 5.41) is 0. The van der Waals surface area contributed by atoms with Crippen LogP contribution < -0.4 is 0 Å². The van der Waals surface area contributed by atoms with Crippen LogP contribution in [-0.4, -0.2) is 52.9 Å². The minimum atomic E-state index is -0.0197. The highest BCUT2D eigenvalue weighted by Crippen LogP contribution is 2.16. The molecule has 1 rings (SSSR count). The van der Waals surface area contributed by atoms with E-state index in [2.05, 4.69) is 0 Å². The van der Waals surface area contributed by atoms with Crippen molar-refractivity contribution in [2.24, 2.45) is 0 Å². The van der Waals surface area contributed by atoms with Gasteiger partial charge in [-0.25, -0.2) is 0 Å². The van der Waals surface area contributed by atoms with Gasteiger partial charge in [-0.2, -0.15) is 0 Å². The molecule has 0 bridgehead atoms. The quantitative estimate of drug-likeness (QED) is 0.609. The summed E-state index contributed by atoms with van der Waals surface area (Å²) in [4.78, 5) is 0. The maximum atomic E-state index is 5.28.